The average molecular weight is 323 g/mol. The third kappa shape index (κ3) is 2.12. The van der Waals surface area contributed by atoms with Crippen LogP contribution in [0.25, 0.3) is 0 Å². The van der Waals surface area contributed by atoms with E-state index in [9.17, 15) is 19.8 Å². The molecule has 0 amide bonds. The smallest absolute Gasteiger partial charge is 0.198 e. The minimum atomic E-state index is -0.491. The van der Waals surface area contributed by atoms with E-state index in [1.54, 1.807) is 30.3 Å². The molecule has 2 N–H and O–H groups in total. The Labute approximate surface area is 139 Å². The van der Waals surface area contributed by atoms with Gasteiger partial charge in [0, 0.05) is 28.8 Å². The van der Waals surface area contributed by atoms with Crippen LogP contribution in [0.1, 0.15) is 50.2 Å². The summed E-state index contributed by atoms with van der Waals surface area (Å²) in [6.07, 6.45) is 2.20. The summed E-state index contributed by atoms with van der Waals surface area (Å²) in [5, 5.41) is 20.7. The molecule has 2 aromatic carbocycles. The third-order valence-electron chi connectivity index (χ3n) is 4.83. The number of phenols is 2. The summed E-state index contributed by atoms with van der Waals surface area (Å²) in [4.78, 5) is 27.6. The highest BCUT2D eigenvalue weighted by Crippen LogP contribution is 2.41. The molecular formula is C19H17NO4. The molecule has 4 rings (SSSR count). The third-order valence-corrected chi connectivity index (χ3v) is 4.83. The number of likely N-dealkylation sites (tertiary alicyclic amines) is 1. The summed E-state index contributed by atoms with van der Waals surface area (Å²) >= 11 is 0. The molecule has 5 heteroatoms. The van der Waals surface area contributed by atoms with Crippen molar-refractivity contribution in [3.05, 3.63) is 58.1 Å². The molecule has 0 atom stereocenters. The molecule has 1 heterocycles. The number of carbonyl (C=O) groups excluding carboxylic acids is 2. The van der Waals surface area contributed by atoms with E-state index < -0.39 is 11.5 Å². The van der Waals surface area contributed by atoms with E-state index in [-0.39, 0.29) is 28.2 Å². The van der Waals surface area contributed by atoms with Gasteiger partial charge in [-0.25, -0.2) is 0 Å². The van der Waals surface area contributed by atoms with E-state index in [2.05, 4.69) is 4.90 Å². The second-order valence-electron chi connectivity index (χ2n) is 6.34. The number of hydrogen-bond acceptors (Lipinski definition) is 5. The predicted molar refractivity (Wildman–Crippen MR) is 87.6 cm³/mol. The second kappa shape index (κ2) is 5.46. The van der Waals surface area contributed by atoms with Crippen LogP contribution in [-0.4, -0.2) is 39.8 Å². The Kier molecular flexibility index (Phi) is 3.39. The highest BCUT2D eigenvalue weighted by molar-refractivity contribution is 6.29. The second-order valence-corrected chi connectivity index (χ2v) is 6.34. The molecule has 2 aromatic rings. The molecule has 0 unspecified atom stereocenters. The van der Waals surface area contributed by atoms with Crippen molar-refractivity contribution in [1.82, 2.24) is 4.90 Å². The van der Waals surface area contributed by atoms with Gasteiger partial charge in [-0.15, -0.1) is 0 Å². The fourth-order valence-corrected chi connectivity index (χ4v) is 3.58. The van der Waals surface area contributed by atoms with Crippen LogP contribution in [0, 0.1) is 0 Å². The van der Waals surface area contributed by atoms with Gasteiger partial charge in [-0.05, 0) is 32.0 Å². The summed E-state index contributed by atoms with van der Waals surface area (Å²) in [6.45, 7) is 2.30. The van der Waals surface area contributed by atoms with Crippen LogP contribution < -0.4 is 0 Å². The van der Waals surface area contributed by atoms with E-state index in [4.69, 9.17) is 0 Å². The van der Waals surface area contributed by atoms with E-state index in [0.717, 1.165) is 25.9 Å². The Balaban J connectivity index is 1.85. The lowest BCUT2D eigenvalue weighted by molar-refractivity contribution is 0.0976. The fourth-order valence-electron chi connectivity index (χ4n) is 3.58. The SMILES string of the molecule is O=C1c2ccccc2C(=O)c2c1cc(CN1CCCC1)c(O)c2O. The Hall–Kier alpha value is -2.66. The number of hydrogen-bond donors (Lipinski definition) is 2. The highest BCUT2D eigenvalue weighted by atomic mass is 16.3. The van der Waals surface area contributed by atoms with Crippen molar-refractivity contribution in [2.75, 3.05) is 13.1 Å². The maximum atomic E-state index is 12.7. The monoisotopic (exact) mass is 323 g/mol. The predicted octanol–water partition coefficient (Wildman–Crippen LogP) is 2.47. The molecule has 1 aliphatic heterocycles. The van der Waals surface area contributed by atoms with Gasteiger partial charge < -0.3 is 10.2 Å². The van der Waals surface area contributed by atoms with Crippen molar-refractivity contribution < 1.29 is 19.8 Å². The largest absolute Gasteiger partial charge is 0.504 e. The Morgan fingerprint density at radius 3 is 2.17 bits per heavy atom. The number of phenolic OH excluding ortho intramolecular Hbond substituents is 2. The van der Waals surface area contributed by atoms with Gasteiger partial charge in [0.2, 0.25) is 0 Å². The quantitative estimate of drug-likeness (QED) is 0.708. The van der Waals surface area contributed by atoms with Crippen LogP contribution in [0.3, 0.4) is 0 Å². The van der Waals surface area contributed by atoms with Crippen molar-refractivity contribution in [3.8, 4) is 11.5 Å². The first kappa shape index (κ1) is 14.9. The Bertz CT molecular complexity index is 866. The fraction of sp³-hybridized carbons (Fsp3) is 0.263. The van der Waals surface area contributed by atoms with E-state index in [1.165, 1.54) is 0 Å². The van der Waals surface area contributed by atoms with E-state index in [0.29, 0.717) is 17.7 Å². The van der Waals surface area contributed by atoms with Gasteiger partial charge >= 0.3 is 0 Å². The normalized spacial score (nSPS) is 17.0. The molecule has 0 radical (unpaired) electrons. The zero-order valence-corrected chi connectivity index (χ0v) is 13.1. The van der Waals surface area contributed by atoms with Crippen LogP contribution >= 0.6 is 0 Å². The molecular weight excluding hydrogens is 306 g/mol. The van der Waals surface area contributed by atoms with Crippen molar-refractivity contribution >= 4 is 11.6 Å². The first-order chi connectivity index (χ1) is 11.6. The van der Waals surface area contributed by atoms with Gasteiger partial charge in [0.1, 0.15) is 0 Å². The lowest BCUT2D eigenvalue weighted by Gasteiger charge is -2.22. The van der Waals surface area contributed by atoms with Crippen molar-refractivity contribution in [2.45, 2.75) is 19.4 Å². The van der Waals surface area contributed by atoms with Crippen LogP contribution in [-0.2, 0) is 6.54 Å². The maximum absolute atomic E-state index is 12.7. The highest BCUT2D eigenvalue weighted by Gasteiger charge is 2.34. The van der Waals surface area contributed by atoms with Crippen molar-refractivity contribution in [1.29, 1.82) is 0 Å². The number of aromatic hydroxyl groups is 2. The topological polar surface area (TPSA) is 77.8 Å². The number of nitrogens with zero attached hydrogens (tertiary/aromatic N) is 1. The zero-order chi connectivity index (χ0) is 16.8. The minimum Gasteiger partial charge on any atom is -0.504 e. The first-order valence-electron chi connectivity index (χ1n) is 8.06. The van der Waals surface area contributed by atoms with Gasteiger partial charge in [-0.2, -0.15) is 0 Å². The molecule has 1 aliphatic carbocycles. The molecule has 5 nitrogen and oxygen atoms in total. The van der Waals surface area contributed by atoms with Crippen LogP contribution in [0.2, 0.25) is 0 Å². The standard InChI is InChI=1S/C19H17NO4/c21-16-11(10-20-7-3-4-8-20)9-14-15(19(16)24)18(23)13-6-2-1-5-12(13)17(14)22/h1-2,5-6,9,21,24H,3-4,7-8,10H2. The zero-order valence-electron chi connectivity index (χ0n) is 13.1. The summed E-state index contributed by atoms with van der Waals surface area (Å²) in [7, 11) is 0. The van der Waals surface area contributed by atoms with Crippen molar-refractivity contribution in [2.24, 2.45) is 0 Å². The van der Waals surface area contributed by atoms with Gasteiger partial charge in [-0.1, -0.05) is 24.3 Å². The molecule has 0 aromatic heterocycles. The minimum absolute atomic E-state index is 0.0960. The molecule has 122 valence electrons. The Morgan fingerprint density at radius 2 is 1.50 bits per heavy atom. The molecule has 1 saturated heterocycles. The number of ketones is 2. The van der Waals surface area contributed by atoms with Gasteiger partial charge in [0.05, 0.1) is 5.56 Å². The maximum Gasteiger partial charge on any atom is 0.198 e. The molecule has 24 heavy (non-hydrogen) atoms. The van der Waals surface area contributed by atoms with Gasteiger partial charge in [0.25, 0.3) is 0 Å². The van der Waals surface area contributed by atoms with Gasteiger partial charge in [-0.3, -0.25) is 14.5 Å². The van der Waals surface area contributed by atoms with Crippen molar-refractivity contribution in [3.63, 3.8) is 0 Å². The molecule has 2 aliphatic rings. The molecule has 0 saturated carbocycles. The average Bonchev–Trinajstić information content (AvgIpc) is 3.10. The van der Waals surface area contributed by atoms with Crippen LogP contribution in [0.15, 0.2) is 30.3 Å². The molecule has 0 bridgehead atoms. The summed E-state index contributed by atoms with van der Waals surface area (Å²) < 4.78 is 0. The summed E-state index contributed by atoms with van der Waals surface area (Å²) in [6, 6.07) is 8.11. The molecule has 0 spiro atoms. The summed E-state index contributed by atoms with van der Waals surface area (Å²) in [5.74, 6) is -1.52. The van der Waals surface area contributed by atoms with Crippen LogP contribution in [0.5, 0.6) is 11.5 Å². The van der Waals surface area contributed by atoms with E-state index in [1.807, 2.05) is 0 Å². The lowest BCUT2D eigenvalue weighted by Crippen LogP contribution is -2.23. The molecule has 1 fully saturated rings. The number of carbonyl (C=O) groups is 2. The Morgan fingerprint density at radius 1 is 0.875 bits per heavy atom. The number of fused-ring (bicyclic) bond motifs is 2. The van der Waals surface area contributed by atoms with E-state index >= 15 is 0 Å². The number of benzene rings is 2. The number of rotatable bonds is 2. The summed E-state index contributed by atoms with van der Waals surface area (Å²) in [5.41, 5.74) is 1.16. The van der Waals surface area contributed by atoms with Crippen LogP contribution in [0.4, 0.5) is 0 Å². The lowest BCUT2D eigenvalue weighted by atomic mass is 9.82. The first-order valence-corrected chi connectivity index (χ1v) is 8.06. The van der Waals surface area contributed by atoms with Gasteiger partial charge in [0.15, 0.2) is 23.1 Å².